The van der Waals surface area contributed by atoms with Crippen LogP contribution >= 0.6 is 0 Å². The highest BCUT2D eigenvalue weighted by Crippen LogP contribution is 2.34. The van der Waals surface area contributed by atoms with Crippen LogP contribution in [0.25, 0.3) is 10.8 Å². The molecule has 218 valence electrons. The Morgan fingerprint density at radius 3 is 1.95 bits per heavy atom. The molecule has 0 radical (unpaired) electrons. The highest BCUT2D eigenvalue weighted by atomic mass is 19.4. The van der Waals surface area contributed by atoms with Crippen molar-refractivity contribution in [2.45, 2.75) is 24.7 Å². The third kappa shape index (κ3) is 6.67. The third-order valence-corrected chi connectivity index (χ3v) is 7.04. The molecule has 9 heteroatoms. The number of carboxylic acid groups (broad SMARTS) is 1. The van der Waals surface area contributed by atoms with Gasteiger partial charge in [0.1, 0.15) is 24.2 Å². The molecule has 5 aromatic rings. The normalized spacial score (nSPS) is 12.2. The summed E-state index contributed by atoms with van der Waals surface area (Å²) >= 11 is 0. The van der Waals surface area contributed by atoms with Crippen molar-refractivity contribution in [3.8, 4) is 5.75 Å². The van der Waals surface area contributed by atoms with E-state index in [-0.39, 0.29) is 17.9 Å². The minimum atomic E-state index is -4.50. The van der Waals surface area contributed by atoms with Crippen molar-refractivity contribution < 1.29 is 37.0 Å². The third-order valence-electron chi connectivity index (χ3n) is 7.04. The Balaban J connectivity index is 1.51. The number of rotatable bonds is 9. The molecule has 5 rings (SSSR count). The van der Waals surface area contributed by atoms with Crippen LogP contribution in [0.5, 0.6) is 5.75 Å². The molecule has 0 bridgehead atoms. The van der Waals surface area contributed by atoms with E-state index >= 15 is 0 Å². The largest absolute Gasteiger partial charge is 0.487 e. The summed E-state index contributed by atoms with van der Waals surface area (Å²) in [4.78, 5) is 26.4. The predicted octanol–water partition coefficient (Wildman–Crippen LogP) is 7.59. The Morgan fingerprint density at radius 2 is 1.40 bits per heavy atom. The number of carboxylic acids is 1. The minimum Gasteiger partial charge on any atom is -0.487 e. The average Bonchev–Trinajstić information content (AvgIpc) is 3.00. The number of hydrogen-bond acceptors (Lipinski definition) is 3. The molecule has 5 nitrogen and oxygen atoms in total. The number of ether oxygens (including phenoxy) is 1. The fraction of sp³-hybridized carbons (Fsp3) is 0.118. The first-order chi connectivity index (χ1) is 20.6. The fourth-order valence-electron chi connectivity index (χ4n) is 4.96. The number of fused-ring (bicyclic) bond motifs is 1. The summed E-state index contributed by atoms with van der Waals surface area (Å²) in [6.07, 6.45) is -4.50. The number of nitrogens with one attached hydrogen (secondary N) is 1. The first-order valence-electron chi connectivity index (χ1n) is 13.3. The molecule has 0 saturated carbocycles. The van der Waals surface area contributed by atoms with Gasteiger partial charge in [0.25, 0.3) is 5.91 Å². The Kier molecular flexibility index (Phi) is 8.43. The highest BCUT2D eigenvalue weighted by Gasteiger charge is 2.33. The van der Waals surface area contributed by atoms with Gasteiger partial charge < -0.3 is 15.2 Å². The van der Waals surface area contributed by atoms with E-state index < -0.39 is 41.4 Å². The Bertz CT molecular complexity index is 1700. The van der Waals surface area contributed by atoms with Gasteiger partial charge in [-0.25, -0.2) is 9.18 Å². The van der Waals surface area contributed by atoms with Gasteiger partial charge >= 0.3 is 12.1 Å². The molecular formula is C34H25F4NO4. The van der Waals surface area contributed by atoms with Crippen molar-refractivity contribution in [3.05, 3.63) is 149 Å². The molecule has 43 heavy (non-hydrogen) atoms. The molecular weight excluding hydrogens is 562 g/mol. The van der Waals surface area contributed by atoms with Crippen molar-refractivity contribution >= 4 is 22.6 Å². The number of halogens is 4. The predicted molar refractivity (Wildman–Crippen MR) is 153 cm³/mol. The molecule has 0 spiro atoms. The van der Waals surface area contributed by atoms with Crippen molar-refractivity contribution in [1.29, 1.82) is 0 Å². The number of carbonyl (C=O) groups is 2. The Morgan fingerprint density at radius 1 is 0.791 bits per heavy atom. The molecule has 2 N–H and O–H groups in total. The molecule has 0 aromatic heterocycles. The van der Waals surface area contributed by atoms with E-state index in [9.17, 15) is 32.3 Å². The smallest absolute Gasteiger partial charge is 0.416 e. The Labute approximate surface area is 244 Å². The van der Waals surface area contributed by atoms with Crippen LogP contribution in [0.1, 0.15) is 38.5 Å². The van der Waals surface area contributed by atoms with Crippen molar-refractivity contribution in [2.24, 2.45) is 0 Å². The van der Waals surface area contributed by atoms with Crippen LogP contribution in [-0.4, -0.2) is 23.0 Å². The quantitative estimate of drug-likeness (QED) is 0.174. The molecule has 0 fully saturated rings. The summed E-state index contributed by atoms with van der Waals surface area (Å²) < 4.78 is 59.0. The standard InChI is InChI=1S/C34H25F4NO4/c35-26-16-18-27-24(19-26)13-17-28(31(27)43-20-21-11-14-25(15-12-21)34(36,37)38)32(40)39-30(33(41)42)29(22-7-3-1-4-8-22)23-9-5-2-6-10-23/h1-19,29-30H,20H2,(H,39,40)(H,41,42). The molecule has 1 atom stereocenters. The zero-order valence-electron chi connectivity index (χ0n) is 22.5. The van der Waals surface area contributed by atoms with E-state index in [0.717, 1.165) is 12.1 Å². The number of alkyl halides is 3. The lowest BCUT2D eigenvalue weighted by Crippen LogP contribution is -2.45. The van der Waals surface area contributed by atoms with Crippen LogP contribution in [0.4, 0.5) is 17.6 Å². The minimum absolute atomic E-state index is 0.0165. The fourth-order valence-corrected chi connectivity index (χ4v) is 4.96. The first kappa shape index (κ1) is 29.3. The maximum atomic E-state index is 14.0. The second-order valence-electron chi connectivity index (χ2n) is 9.88. The van der Waals surface area contributed by atoms with Gasteiger partial charge in [-0.15, -0.1) is 0 Å². The number of aliphatic carboxylic acids is 1. The summed E-state index contributed by atoms with van der Waals surface area (Å²) in [6.45, 7) is -0.200. The van der Waals surface area contributed by atoms with E-state index in [2.05, 4.69) is 5.32 Å². The first-order valence-corrected chi connectivity index (χ1v) is 13.3. The van der Waals surface area contributed by atoms with Gasteiger partial charge in [-0.1, -0.05) is 78.9 Å². The molecule has 5 aromatic carbocycles. The van der Waals surface area contributed by atoms with Crippen LogP contribution in [0.3, 0.4) is 0 Å². The van der Waals surface area contributed by atoms with Gasteiger partial charge in [-0.3, -0.25) is 4.79 Å². The Hall–Kier alpha value is -5.18. The summed E-state index contributed by atoms with van der Waals surface area (Å²) in [6, 6.07) is 27.6. The number of amides is 1. The van der Waals surface area contributed by atoms with E-state index in [1.54, 1.807) is 60.7 Å². The number of benzene rings is 5. The van der Waals surface area contributed by atoms with Crippen molar-refractivity contribution in [1.82, 2.24) is 5.32 Å². The monoisotopic (exact) mass is 587 g/mol. The maximum Gasteiger partial charge on any atom is 0.416 e. The second-order valence-corrected chi connectivity index (χ2v) is 9.88. The average molecular weight is 588 g/mol. The molecule has 0 aliphatic rings. The highest BCUT2D eigenvalue weighted by molar-refractivity contribution is 6.05. The van der Waals surface area contributed by atoms with E-state index in [4.69, 9.17) is 4.74 Å². The van der Waals surface area contributed by atoms with Crippen molar-refractivity contribution in [2.75, 3.05) is 0 Å². The van der Waals surface area contributed by atoms with Gasteiger partial charge in [0.2, 0.25) is 0 Å². The molecule has 0 aliphatic carbocycles. The van der Waals surface area contributed by atoms with E-state index in [1.807, 2.05) is 0 Å². The molecule has 0 saturated heterocycles. The summed E-state index contributed by atoms with van der Waals surface area (Å²) in [5.41, 5.74) is 0.915. The number of hydrogen-bond donors (Lipinski definition) is 2. The summed E-state index contributed by atoms with van der Waals surface area (Å²) in [5, 5.41) is 13.7. The zero-order chi connectivity index (χ0) is 30.6. The van der Waals surface area contributed by atoms with Crippen LogP contribution < -0.4 is 10.1 Å². The molecule has 1 amide bonds. The lowest BCUT2D eigenvalue weighted by Gasteiger charge is -2.26. The van der Waals surface area contributed by atoms with Gasteiger partial charge in [-0.2, -0.15) is 13.2 Å². The van der Waals surface area contributed by atoms with Gasteiger partial charge in [-0.05, 0) is 58.5 Å². The SMILES string of the molecule is O=C(NC(C(=O)O)C(c1ccccc1)c1ccccc1)c1ccc2cc(F)ccc2c1OCc1ccc(C(F)(F)F)cc1. The lowest BCUT2D eigenvalue weighted by molar-refractivity contribution is -0.139. The van der Waals surface area contributed by atoms with Crippen molar-refractivity contribution in [3.63, 3.8) is 0 Å². The van der Waals surface area contributed by atoms with Crippen LogP contribution in [0, 0.1) is 5.82 Å². The molecule has 0 heterocycles. The summed E-state index contributed by atoms with van der Waals surface area (Å²) in [5.74, 6) is -3.23. The van der Waals surface area contributed by atoms with Crippen LogP contribution in [-0.2, 0) is 17.6 Å². The van der Waals surface area contributed by atoms with Gasteiger partial charge in [0.05, 0.1) is 11.1 Å². The maximum absolute atomic E-state index is 14.0. The van der Waals surface area contributed by atoms with Crippen LogP contribution in [0.2, 0.25) is 0 Å². The van der Waals surface area contributed by atoms with Gasteiger partial charge in [0, 0.05) is 11.3 Å². The van der Waals surface area contributed by atoms with Crippen LogP contribution in [0.15, 0.2) is 115 Å². The van der Waals surface area contributed by atoms with E-state index in [1.165, 1.54) is 42.5 Å². The molecule has 0 aliphatic heterocycles. The zero-order valence-corrected chi connectivity index (χ0v) is 22.5. The summed E-state index contributed by atoms with van der Waals surface area (Å²) in [7, 11) is 0. The number of carbonyl (C=O) groups excluding carboxylic acids is 1. The topological polar surface area (TPSA) is 75.6 Å². The molecule has 1 unspecified atom stereocenters. The lowest BCUT2D eigenvalue weighted by atomic mass is 9.84. The second kappa shape index (κ2) is 12.4. The van der Waals surface area contributed by atoms with E-state index in [0.29, 0.717) is 27.5 Å². The van der Waals surface area contributed by atoms with Gasteiger partial charge in [0.15, 0.2) is 0 Å².